The van der Waals surface area contributed by atoms with Gasteiger partial charge in [0.1, 0.15) is 10.9 Å². The zero-order valence-electron chi connectivity index (χ0n) is 9.14. The van der Waals surface area contributed by atoms with Crippen LogP contribution in [0.1, 0.15) is 17.7 Å². The first kappa shape index (κ1) is 12.0. The van der Waals surface area contributed by atoms with Gasteiger partial charge in [0.15, 0.2) is 0 Å². The number of hydrogen-bond acceptors (Lipinski definition) is 4. The fourth-order valence-electron chi connectivity index (χ4n) is 1.56. The van der Waals surface area contributed by atoms with Gasteiger partial charge in [-0.1, -0.05) is 18.2 Å². The fraction of sp³-hybridized carbons (Fsp3) is 0.231. The molecule has 2 nitrogen and oxygen atoms in total. The van der Waals surface area contributed by atoms with Crippen LogP contribution in [0, 0.1) is 22.7 Å². The summed E-state index contributed by atoms with van der Waals surface area (Å²) in [7, 11) is 0. The highest BCUT2D eigenvalue weighted by molar-refractivity contribution is 7.99. The first-order valence-electron chi connectivity index (χ1n) is 5.28. The predicted octanol–water partition coefficient (Wildman–Crippen LogP) is 4.17. The van der Waals surface area contributed by atoms with E-state index in [4.69, 9.17) is 10.5 Å². The molecule has 0 aliphatic heterocycles. The van der Waals surface area contributed by atoms with E-state index in [1.165, 1.54) is 0 Å². The Balaban J connectivity index is 2.26. The Kier molecular flexibility index (Phi) is 4.03. The van der Waals surface area contributed by atoms with Gasteiger partial charge in [0.2, 0.25) is 0 Å². The Bertz CT molecular complexity index is 602. The van der Waals surface area contributed by atoms with Gasteiger partial charge in [-0.05, 0) is 18.2 Å². The third kappa shape index (κ3) is 2.61. The van der Waals surface area contributed by atoms with Crippen molar-refractivity contribution in [3.8, 4) is 12.1 Å². The molecule has 1 heterocycles. The van der Waals surface area contributed by atoms with Crippen molar-refractivity contribution < 1.29 is 0 Å². The van der Waals surface area contributed by atoms with E-state index in [2.05, 4.69) is 18.2 Å². The molecule has 0 radical (unpaired) electrons. The molecule has 0 spiro atoms. The quantitative estimate of drug-likeness (QED) is 0.611. The average Bonchev–Trinajstić information content (AvgIpc) is 2.73. The number of rotatable bonds is 4. The highest BCUT2D eigenvalue weighted by Crippen LogP contribution is 2.37. The summed E-state index contributed by atoms with van der Waals surface area (Å²) in [5.41, 5.74) is 0. The van der Waals surface area contributed by atoms with E-state index in [9.17, 15) is 0 Å². The van der Waals surface area contributed by atoms with Crippen molar-refractivity contribution in [2.45, 2.75) is 17.7 Å². The van der Waals surface area contributed by atoms with Crippen LogP contribution >= 0.6 is 23.1 Å². The molecule has 17 heavy (non-hydrogen) atoms. The van der Waals surface area contributed by atoms with Crippen LogP contribution in [0.2, 0.25) is 0 Å². The second-order valence-corrected chi connectivity index (χ2v) is 5.64. The number of fused-ring (bicyclic) bond motifs is 1. The third-order valence-corrected chi connectivity index (χ3v) is 4.74. The monoisotopic (exact) mass is 258 g/mol. The molecule has 4 heteroatoms. The lowest BCUT2D eigenvalue weighted by Crippen LogP contribution is -1.80. The Morgan fingerprint density at radius 2 is 2.06 bits per heavy atom. The summed E-state index contributed by atoms with van der Waals surface area (Å²) in [6, 6.07) is 12.5. The summed E-state index contributed by atoms with van der Waals surface area (Å²) in [4.78, 5) is 1.86. The van der Waals surface area contributed by atoms with Gasteiger partial charge < -0.3 is 0 Å². The predicted molar refractivity (Wildman–Crippen MR) is 72.1 cm³/mol. The lowest BCUT2D eigenvalue weighted by molar-refractivity contribution is 0.981. The lowest BCUT2D eigenvalue weighted by Gasteiger charge is -1.98. The number of thiophene rings is 1. The van der Waals surface area contributed by atoms with Crippen LogP contribution in [-0.4, -0.2) is 5.75 Å². The van der Waals surface area contributed by atoms with Gasteiger partial charge in [-0.15, -0.1) is 23.1 Å². The van der Waals surface area contributed by atoms with E-state index in [0.717, 1.165) is 32.0 Å². The minimum atomic E-state index is 0.580. The topological polar surface area (TPSA) is 47.6 Å². The largest absolute Gasteiger partial charge is 0.198 e. The van der Waals surface area contributed by atoms with Crippen molar-refractivity contribution in [2.24, 2.45) is 0 Å². The number of benzene rings is 1. The summed E-state index contributed by atoms with van der Waals surface area (Å²) in [5, 5.41) is 18.8. The standard InChI is InChI=1S/C13H10N2S2/c14-7-3-4-8-16-13-10-5-1-2-6-11(10)17-12(13)9-15/h1-2,5-6H,3-4,8H2. The summed E-state index contributed by atoms with van der Waals surface area (Å²) in [6.07, 6.45) is 1.45. The van der Waals surface area contributed by atoms with Crippen molar-refractivity contribution in [1.29, 1.82) is 10.5 Å². The number of nitrogens with zero attached hydrogens (tertiary/aromatic N) is 2. The maximum absolute atomic E-state index is 9.12. The van der Waals surface area contributed by atoms with Crippen LogP contribution in [0.3, 0.4) is 0 Å². The summed E-state index contributed by atoms with van der Waals surface area (Å²) < 4.78 is 1.16. The van der Waals surface area contributed by atoms with Crippen LogP contribution in [-0.2, 0) is 0 Å². The van der Waals surface area contributed by atoms with Gasteiger partial charge >= 0.3 is 0 Å². The second kappa shape index (κ2) is 5.72. The minimum absolute atomic E-state index is 0.580. The molecule has 1 aromatic carbocycles. The lowest BCUT2D eigenvalue weighted by atomic mass is 10.2. The third-order valence-electron chi connectivity index (χ3n) is 2.33. The summed E-state index contributed by atoms with van der Waals surface area (Å²) >= 11 is 3.23. The number of thioether (sulfide) groups is 1. The van der Waals surface area contributed by atoms with Gasteiger partial charge in [0.05, 0.1) is 6.07 Å². The molecule has 0 atom stereocenters. The van der Waals surface area contributed by atoms with Crippen LogP contribution in [0.25, 0.3) is 10.1 Å². The molecule has 2 aromatic rings. The molecule has 0 bridgehead atoms. The molecule has 0 saturated heterocycles. The smallest absolute Gasteiger partial charge is 0.119 e. The van der Waals surface area contributed by atoms with Crippen molar-refractivity contribution in [1.82, 2.24) is 0 Å². The highest BCUT2D eigenvalue weighted by Gasteiger charge is 2.11. The van der Waals surface area contributed by atoms with Gasteiger partial charge in [0.25, 0.3) is 0 Å². The molecule has 1 aromatic heterocycles. The molecule has 0 saturated carbocycles. The molecule has 0 aliphatic carbocycles. The zero-order chi connectivity index (χ0) is 12.1. The van der Waals surface area contributed by atoms with E-state index in [0.29, 0.717) is 6.42 Å². The molecule has 0 aliphatic rings. The van der Waals surface area contributed by atoms with Gasteiger partial charge in [-0.2, -0.15) is 10.5 Å². The van der Waals surface area contributed by atoms with Crippen LogP contribution < -0.4 is 0 Å². The number of hydrogen-bond donors (Lipinski definition) is 0. The first-order valence-corrected chi connectivity index (χ1v) is 7.08. The maximum atomic E-state index is 9.12. The van der Waals surface area contributed by atoms with Crippen LogP contribution in [0.5, 0.6) is 0 Å². The molecule has 0 amide bonds. The van der Waals surface area contributed by atoms with Crippen molar-refractivity contribution in [3.05, 3.63) is 29.1 Å². The summed E-state index contributed by atoms with van der Waals surface area (Å²) in [6.45, 7) is 0. The summed E-state index contributed by atoms with van der Waals surface area (Å²) in [5.74, 6) is 0.892. The molecule has 2 rings (SSSR count). The Hall–Kier alpha value is -1.49. The van der Waals surface area contributed by atoms with Gasteiger partial charge in [0, 0.05) is 21.4 Å². The molecule has 0 N–H and O–H groups in total. The normalized spacial score (nSPS) is 10.0. The second-order valence-electron chi connectivity index (χ2n) is 3.48. The van der Waals surface area contributed by atoms with Crippen LogP contribution in [0.4, 0.5) is 0 Å². The molecule has 0 fully saturated rings. The Labute approximate surface area is 108 Å². The molecule has 84 valence electrons. The zero-order valence-corrected chi connectivity index (χ0v) is 10.8. The van der Waals surface area contributed by atoms with Crippen molar-refractivity contribution in [2.75, 3.05) is 5.75 Å². The van der Waals surface area contributed by atoms with Crippen molar-refractivity contribution >= 4 is 33.2 Å². The van der Waals surface area contributed by atoms with Crippen LogP contribution in [0.15, 0.2) is 29.2 Å². The van der Waals surface area contributed by atoms with Gasteiger partial charge in [-0.25, -0.2) is 0 Å². The molecule has 0 unspecified atom stereocenters. The first-order chi connectivity index (χ1) is 8.36. The van der Waals surface area contributed by atoms with E-state index < -0.39 is 0 Å². The van der Waals surface area contributed by atoms with E-state index >= 15 is 0 Å². The SMILES string of the molecule is N#CCCCSc1c(C#N)sc2ccccc12. The highest BCUT2D eigenvalue weighted by atomic mass is 32.2. The van der Waals surface area contributed by atoms with E-state index in [1.54, 1.807) is 23.1 Å². The maximum Gasteiger partial charge on any atom is 0.119 e. The number of unbranched alkanes of at least 4 members (excludes halogenated alkanes) is 1. The minimum Gasteiger partial charge on any atom is -0.198 e. The van der Waals surface area contributed by atoms with E-state index in [-0.39, 0.29) is 0 Å². The fourth-order valence-corrected chi connectivity index (χ4v) is 3.83. The molecular weight excluding hydrogens is 248 g/mol. The Morgan fingerprint density at radius 1 is 1.24 bits per heavy atom. The van der Waals surface area contributed by atoms with Crippen molar-refractivity contribution in [3.63, 3.8) is 0 Å². The Morgan fingerprint density at radius 3 is 2.82 bits per heavy atom. The van der Waals surface area contributed by atoms with Gasteiger partial charge in [-0.3, -0.25) is 0 Å². The molecular formula is C13H10N2S2. The average molecular weight is 258 g/mol. The van der Waals surface area contributed by atoms with E-state index in [1.807, 2.05) is 18.2 Å². The number of nitriles is 2.